The Bertz CT molecular complexity index is 529. The number of rotatable bonds is 3. The summed E-state index contributed by atoms with van der Waals surface area (Å²) >= 11 is 0. The van der Waals surface area contributed by atoms with E-state index in [1.165, 1.54) is 0 Å². The normalized spacial score (nSPS) is 11.0. The number of esters is 1. The van der Waals surface area contributed by atoms with E-state index < -0.39 is 35.8 Å². The van der Waals surface area contributed by atoms with Gasteiger partial charge in [0, 0.05) is 5.56 Å². The van der Waals surface area contributed by atoms with Gasteiger partial charge in [-0.3, -0.25) is 0 Å². The standard InChI is InChI=1S/C14H17F2NO4/c1-14(2,3)21-13(19)17-7-9-10(15)5-8(6-11(9)16)12(18)20-4/h5-6H,7H2,1-4H3,(H,17,19). The van der Waals surface area contributed by atoms with Crippen molar-refractivity contribution in [3.05, 3.63) is 34.9 Å². The molecule has 1 N–H and O–H groups in total. The molecule has 5 nitrogen and oxygen atoms in total. The summed E-state index contributed by atoms with van der Waals surface area (Å²) < 4.78 is 36.8. The predicted molar refractivity (Wildman–Crippen MR) is 70.8 cm³/mol. The number of ether oxygens (including phenoxy) is 2. The smallest absolute Gasteiger partial charge is 0.407 e. The van der Waals surface area contributed by atoms with Crippen molar-refractivity contribution in [2.24, 2.45) is 0 Å². The Morgan fingerprint density at radius 2 is 1.71 bits per heavy atom. The fourth-order valence-electron chi connectivity index (χ4n) is 1.48. The molecule has 1 rings (SSSR count). The molecule has 0 aliphatic heterocycles. The molecule has 1 aromatic rings. The number of nitrogens with one attached hydrogen (secondary N) is 1. The molecule has 0 bridgehead atoms. The quantitative estimate of drug-likeness (QED) is 0.872. The first kappa shape index (κ1) is 16.9. The molecule has 0 heterocycles. The molecule has 1 amide bonds. The molecule has 0 aliphatic carbocycles. The number of halogens is 2. The first-order valence-electron chi connectivity index (χ1n) is 6.17. The summed E-state index contributed by atoms with van der Waals surface area (Å²) in [6, 6.07) is 1.70. The summed E-state index contributed by atoms with van der Waals surface area (Å²) in [5.74, 6) is -2.75. The average molecular weight is 301 g/mol. The van der Waals surface area contributed by atoms with Gasteiger partial charge in [-0.25, -0.2) is 18.4 Å². The molecule has 0 fully saturated rings. The van der Waals surface area contributed by atoms with E-state index in [-0.39, 0.29) is 11.1 Å². The lowest BCUT2D eigenvalue weighted by molar-refractivity contribution is 0.0520. The van der Waals surface area contributed by atoms with Gasteiger partial charge in [0.2, 0.25) is 0 Å². The van der Waals surface area contributed by atoms with E-state index in [1.54, 1.807) is 20.8 Å². The third kappa shape index (κ3) is 5.02. The largest absolute Gasteiger partial charge is 0.465 e. The van der Waals surface area contributed by atoms with Gasteiger partial charge < -0.3 is 14.8 Å². The highest BCUT2D eigenvalue weighted by molar-refractivity contribution is 5.89. The first-order chi connectivity index (χ1) is 9.64. The van der Waals surface area contributed by atoms with E-state index in [2.05, 4.69) is 10.1 Å². The first-order valence-corrected chi connectivity index (χ1v) is 6.17. The van der Waals surface area contributed by atoms with E-state index >= 15 is 0 Å². The summed E-state index contributed by atoms with van der Waals surface area (Å²) in [4.78, 5) is 22.6. The Balaban J connectivity index is 2.81. The minimum Gasteiger partial charge on any atom is -0.465 e. The van der Waals surface area contributed by atoms with E-state index in [1.807, 2.05) is 0 Å². The molecule has 21 heavy (non-hydrogen) atoms. The van der Waals surface area contributed by atoms with Crippen molar-refractivity contribution < 1.29 is 27.8 Å². The number of hydrogen-bond donors (Lipinski definition) is 1. The Hall–Kier alpha value is -2.18. The van der Waals surface area contributed by atoms with Gasteiger partial charge in [-0.15, -0.1) is 0 Å². The van der Waals surface area contributed by atoms with E-state index in [4.69, 9.17) is 4.74 Å². The molecule has 0 aromatic heterocycles. The maximum atomic E-state index is 13.8. The van der Waals surface area contributed by atoms with E-state index in [9.17, 15) is 18.4 Å². The number of carbonyl (C=O) groups is 2. The maximum absolute atomic E-state index is 13.8. The summed E-state index contributed by atoms with van der Waals surface area (Å²) in [6.07, 6.45) is -0.793. The lowest BCUT2D eigenvalue weighted by Gasteiger charge is -2.19. The van der Waals surface area contributed by atoms with Gasteiger partial charge in [-0.2, -0.15) is 0 Å². The number of hydrogen-bond acceptors (Lipinski definition) is 4. The Kier molecular flexibility index (Phi) is 5.23. The molecule has 7 heteroatoms. The predicted octanol–water partition coefficient (Wildman–Crippen LogP) is 2.78. The molecular weight excluding hydrogens is 284 g/mol. The molecular formula is C14H17F2NO4. The highest BCUT2D eigenvalue weighted by atomic mass is 19.1. The summed E-state index contributed by atoms with van der Waals surface area (Å²) in [5, 5.41) is 2.24. The number of alkyl carbamates (subject to hydrolysis) is 1. The number of benzene rings is 1. The second-order valence-corrected chi connectivity index (χ2v) is 5.27. The van der Waals surface area contributed by atoms with Crippen molar-refractivity contribution in [1.82, 2.24) is 5.32 Å². The van der Waals surface area contributed by atoms with Gasteiger partial charge in [0.1, 0.15) is 17.2 Å². The van der Waals surface area contributed by atoms with Crippen LogP contribution in [-0.4, -0.2) is 24.8 Å². The monoisotopic (exact) mass is 301 g/mol. The maximum Gasteiger partial charge on any atom is 0.407 e. The fraction of sp³-hybridized carbons (Fsp3) is 0.429. The van der Waals surface area contributed by atoms with Crippen LogP contribution in [0.4, 0.5) is 13.6 Å². The van der Waals surface area contributed by atoms with Crippen molar-refractivity contribution in [1.29, 1.82) is 0 Å². The topological polar surface area (TPSA) is 64.6 Å². The second-order valence-electron chi connectivity index (χ2n) is 5.27. The van der Waals surface area contributed by atoms with Crippen LogP contribution in [0.25, 0.3) is 0 Å². The number of methoxy groups -OCH3 is 1. The van der Waals surface area contributed by atoms with Crippen LogP contribution in [0.15, 0.2) is 12.1 Å². The van der Waals surface area contributed by atoms with Crippen molar-refractivity contribution in [2.75, 3.05) is 7.11 Å². The van der Waals surface area contributed by atoms with Crippen molar-refractivity contribution in [3.8, 4) is 0 Å². The van der Waals surface area contributed by atoms with Crippen LogP contribution in [0.5, 0.6) is 0 Å². The van der Waals surface area contributed by atoms with Gasteiger partial charge in [-0.05, 0) is 32.9 Å². The van der Waals surface area contributed by atoms with E-state index in [0.29, 0.717) is 0 Å². The van der Waals surface area contributed by atoms with Gasteiger partial charge in [0.15, 0.2) is 0 Å². The third-order valence-corrected chi connectivity index (χ3v) is 2.37. The average Bonchev–Trinajstić information content (AvgIpc) is 2.34. The Morgan fingerprint density at radius 3 is 2.14 bits per heavy atom. The summed E-state index contributed by atoms with van der Waals surface area (Å²) in [6.45, 7) is 4.60. The molecule has 0 spiro atoms. The van der Waals surface area contributed by atoms with Crippen LogP contribution in [0.3, 0.4) is 0 Å². The fourth-order valence-corrected chi connectivity index (χ4v) is 1.48. The summed E-state index contributed by atoms with van der Waals surface area (Å²) in [5.41, 5.74) is -1.32. The lowest BCUT2D eigenvalue weighted by atomic mass is 10.1. The Labute approximate surface area is 121 Å². The van der Waals surface area contributed by atoms with Gasteiger partial charge in [-0.1, -0.05) is 0 Å². The van der Waals surface area contributed by atoms with Gasteiger partial charge >= 0.3 is 12.1 Å². The van der Waals surface area contributed by atoms with Crippen LogP contribution in [0, 0.1) is 11.6 Å². The van der Waals surface area contributed by atoms with Crippen LogP contribution >= 0.6 is 0 Å². The minimum atomic E-state index is -0.952. The SMILES string of the molecule is COC(=O)c1cc(F)c(CNC(=O)OC(C)(C)C)c(F)c1. The molecule has 1 aromatic carbocycles. The minimum absolute atomic E-state index is 0.242. The van der Waals surface area contributed by atoms with Crippen LogP contribution < -0.4 is 5.32 Å². The third-order valence-electron chi connectivity index (χ3n) is 2.37. The number of carbonyl (C=O) groups excluding carboxylic acids is 2. The van der Waals surface area contributed by atoms with Crippen LogP contribution in [0.2, 0.25) is 0 Å². The summed E-state index contributed by atoms with van der Waals surface area (Å²) in [7, 11) is 1.11. The lowest BCUT2D eigenvalue weighted by Crippen LogP contribution is -2.32. The van der Waals surface area contributed by atoms with Crippen molar-refractivity contribution >= 4 is 12.1 Å². The van der Waals surface area contributed by atoms with Crippen molar-refractivity contribution in [3.63, 3.8) is 0 Å². The zero-order valence-corrected chi connectivity index (χ0v) is 12.3. The molecule has 0 aliphatic rings. The zero-order chi connectivity index (χ0) is 16.2. The highest BCUT2D eigenvalue weighted by Crippen LogP contribution is 2.16. The van der Waals surface area contributed by atoms with Crippen molar-refractivity contribution in [2.45, 2.75) is 32.9 Å². The number of amides is 1. The zero-order valence-electron chi connectivity index (χ0n) is 12.3. The highest BCUT2D eigenvalue weighted by Gasteiger charge is 2.19. The second kappa shape index (κ2) is 6.51. The molecule has 0 unspecified atom stereocenters. The van der Waals surface area contributed by atoms with Crippen LogP contribution in [0.1, 0.15) is 36.7 Å². The molecule has 0 radical (unpaired) electrons. The molecule has 0 atom stereocenters. The molecule has 0 saturated carbocycles. The van der Waals surface area contributed by atoms with Gasteiger partial charge in [0.05, 0.1) is 19.2 Å². The Morgan fingerprint density at radius 1 is 1.19 bits per heavy atom. The molecule has 116 valence electrons. The van der Waals surface area contributed by atoms with Crippen LogP contribution in [-0.2, 0) is 16.0 Å². The molecule has 0 saturated heterocycles. The van der Waals surface area contributed by atoms with E-state index in [0.717, 1.165) is 19.2 Å². The van der Waals surface area contributed by atoms with Gasteiger partial charge in [0.25, 0.3) is 0 Å².